The number of nitrogens with zero attached hydrogens (tertiary/aromatic N) is 2. The lowest BCUT2D eigenvalue weighted by Gasteiger charge is -2.31. The Morgan fingerprint density at radius 1 is 1.12 bits per heavy atom. The molecule has 2 aromatic rings. The van der Waals surface area contributed by atoms with E-state index in [1.165, 1.54) is 30.5 Å². The summed E-state index contributed by atoms with van der Waals surface area (Å²) in [6, 6.07) is 5.32. The van der Waals surface area contributed by atoms with Crippen LogP contribution in [-0.2, 0) is 25.7 Å². The number of thiazole rings is 1. The van der Waals surface area contributed by atoms with Gasteiger partial charge in [-0.1, -0.05) is 29.2 Å². The number of fused-ring (bicyclic) bond motifs is 2. The Morgan fingerprint density at radius 3 is 2.56 bits per heavy atom. The maximum atomic E-state index is 13.1. The standard InChI is InChI=1S/C22H23N3O7S2/c1-30-12-4-3-11(9-13(12)31-2)15-16-17(20(28)23-19(16)27)33-21-18(15)34-22(29)25(21)10-14(26)24-5-7-32-8-6-24/h3-4,9,15-17H,5-8,10H2,1-2H3,(H,23,27,28)/t15-,16?,17?/m0/s1. The molecule has 1 aromatic heterocycles. The number of carbonyl (C=O) groups excluding carboxylic acids is 3. The van der Waals surface area contributed by atoms with Gasteiger partial charge in [0.25, 0.3) is 0 Å². The van der Waals surface area contributed by atoms with Gasteiger partial charge in [-0.3, -0.25) is 29.1 Å². The van der Waals surface area contributed by atoms with E-state index in [9.17, 15) is 19.2 Å². The Labute approximate surface area is 203 Å². The van der Waals surface area contributed by atoms with Crippen LogP contribution in [-0.4, -0.2) is 73.0 Å². The first-order valence-electron chi connectivity index (χ1n) is 10.7. The topological polar surface area (TPSA) is 116 Å². The summed E-state index contributed by atoms with van der Waals surface area (Å²) in [4.78, 5) is 53.5. The second kappa shape index (κ2) is 9.08. The minimum Gasteiger partial charge on any atom is -0.493 e. The number of benzene rings is 1. The molecular formula is C22H23N3O7S2. The molecule has 0 radical (unpaired) electrons. The van der Waals surface area contributed by atoms with Gasteiger partial charge in [0.1, 0.15) is 11.8 Å². The number of hydrogen-bond acceptors (Lipinski definition) is 9. The van der Waals surface area contributed by atoms with Gasteiger partial charge < -0.3 is 19.1 Å². The highest BCUT2D eigenvalue weighted by Crippen LogP contribution is 2.52. The highest BCUT2D eigenvalue weighted by atomic mass is 32.2. The average Bonchev–Trinajstić information content (AvgIpc) is 3.32. The molecule has 1 aromatic carbocycles. The van der Waals surface area contributed by atoms with E-state index in [-0.39, 0.29) is 29.1 Å². The molecule has 0 spiro atoms. The number of thioether (sulfide) groups is 1. The first-order valence-corrected chi connectivity index (χ1v) is 12.4. The molecule has 180 valence electrons. The van der Waals surface area contributed by atoms with Crippen LogP contribution in [0.4, 0.5) is 0 Å². The lowest BCUT2D eigenvalue weighted by Crippen LogP contribution is -2.43. The van der Waals surface area contributed by atoms with Crippen molar-refractivity contribution in [3.63, 3.8) is 0 Å². The lowest BCUT2D eigenvalue weighted by molar-refractivity contribution is -0.136. The molecule has 4 heterocycles. The molecule has 34 heavy (non-hydrogen) atoms. The number of ether oxygens (including phenoxy) is 3. The Balaban J connectivity index is 1.58. The molecule has 3 amide bonds. The van der Waals surface area contributed by atoms with Gasteiger partial charge in [-0.15, -0.1) is 0 Å². The van der Waals surface area contributed by atoms with Gasteiger partial charge in [0.2, 0.25) is 17.7 Å². The zero-order valence-corrected chi connectivity index (χ0v) is 20.2. The summed E-state index contributed by atoms with van der Waals surface area (Å²) in [6.07, 6.45) is 0. The third-order valence-electron chi connectivity index (χ3n) is 6.31. The summed E-state index contributed by atoms with van der Waals surface area (Å²) in [5, 5.41) is 2.29. The van der Waals surface area contributed by atoms with Crippen molar-refractivity contribution in [2.75, 3.05) is 40.5 Å². The zero-order chi connectivity index (χ0) is 24.0. The van der Waals surface area contributed by atoms with Gasteiger partial charge in [0.05, 0.1) is 38.4 Å². The fraction of sp³-hybridized carbons (Fsp3) is 0.455. The molecule has 3 atom stereocenters. The van der Waals surface area contributed by atoms with Gasteiger partial charge in [-0.05, 0) is 17.7 Å². The van der Waals surface area contributed by atoms with Crippen LogP contribution < -0.4 is 19.7 Å². The van der Waals surface area contributed by atoms with Gasteiger partial charge >= 0.3 is 4.87 Å². The van der Waals surface area contributed by atoms with Crippen LogP contribution in [0.3, 0.4) is 0 Å². The summed E-state index contributed by atoms with van der Waals surface area (Å²) in [5.41, 5.74) is 0.729. The van der Waals surface area contributed by atoms with Crippen LogP contribution in [0.1, 0.15) is 16.4 Å². The molecule has 2 fully saturated rings. The molecule has 10 nitrogen and oxygen atoms in total. The highest BCUT2D eigenvalue weighted by Gasteiger charge is 2.53. The molecule has 2 unspecified atom stereocenters. The minimum atomic E-state index is -0.697. The fourth-order valence-corrected chi connectivity index (χ4v) is 7.37. The quantitative estimate of drug-likeness (QED) is 0.590. The van der Waals surface area contributed by atoms with Crippen LogP contribution in [0.25, 0.3) is 0 Å². The minimum absolute atomic E-state index is 0.122. The van der Waals surface area contributed by atoms with Crippen LogP contribution in [0, 0.1) is 5.92 Å². The lowest BCUT2D eigenvalue weighted by atomic mass is 9.83. The second-order valence-corrected chi connectivity index (χ2v) is 10.2. The van der Waals surface area contributed by atoms with E-state index in [1.807, 2.05) is 6.07 Å². The third-order valence-corrected chi connectivity index (χ3v) is 8.93. The van der Waals surface area contributed by atoms with Crippen molar-refractivity contribution in [1.29, 1.82) is 0 Å². The Morgan fingerprint density at radius 2 is 1.85 bits per heavy atom. The van der Waals surface area contributed by atoms with Crippen molar-refractivity contribution in [3.05, 3.63) is 38.3 Å². The fourth-order valence-electron chi connectivity index (χ4n) is 4.63. The summed E-state index contributed by atoms with van der Waals surface area (Å²) in [7, 11) is 3.05. The van der Waals surface area contributed by atoms with E-state index in [1.54, 1.807) is 17.0 Å². The van der Waals surface area contributed by atoms with E-state index >= 15 is 0 Å². The van der Waals surface area contributed by atoms with Gasteiger partial charge in [0, 0.05) is 23.9 Å². The number of carbonyl (C=O) groups is 3. The third kappa shape index (κ3) is 3.79. The molecule has 0 saturated carbocycles. The van der Waals surface area contributed by atoms with E-state index < -0.39 is 17.1 Å². The Hall–Kier alpha value is -2.83. The first kappa shape index (κ1) is 22.9. The number of nitrogens with one attached hydrogen (secondary N) is 1. The van der Waals surface area contributed by atoms with Crippen molar-refractivity contribution >= 4 is 40.8 Å². The smallest absolute Gasteiger partial charge is 0.308 e. The maximum Gasteiger partial charge on any atom is 0.308 e. The van der Waals surface area contributed by atoms with Crippen molar-refractivity contribution < 1.29 is 28.6 Å². The predicted molar refractivity (Wildman–Crippen MR) is 124 cm³/mol. The van der Waals surface area contributed by atoms with E-state index in [0.717, 1.165) is 16.9 Å². The monoisotopic (exact) mass is 505 g/mol. The van der Waals surface area contributed by atoms with E-state index in [0.29, 0.717) is 47.7 Å². The highest BCUT2D eigenvalue weighted by molar-refractivity contribution is 8.00. The Bertz CT molecular complexity index is 1220. The molecule has 0 aliphatic carbocycles. The second-order valence-electron chi connectivity index (χ2n) is 8.13. The van der Waals surface area contributed by atoms with Crippen LogP contribution in [0.2, 0.25) is 0 Å². The van der Waals surface area contributed by atoms with E-state index in [4.69, 9.17) is 14.2 Å². The molecule has 5 rings (SSSR count). The molecule has 0 bridgehead atoms. The summed E-state index contributed by atoms with van der Waals surface area (Å²) < 4.78 is 17.5. The zero-order valence-electron chi connectivity index (χ0n) is 18.6. The predicted octanol–water partition coefficient (Wildman–Crippen LogP) is 0.665. The molecule has 3 aliphatic heterocycles. The first-order chi connectivity index (χ1) is 16.4. The van der Waals surface area contributed by atoms with E-state index in [2.05, 4.69) is 5.32 Å². The molecule has 3 aliphatic rings. The van der Waals surface area contributed by atoms with Crippen molar-refractivity contribution in [2.45, 2.75) is 22.7 Å². The maximum absolute atomic E-state index is 13.1. The Kier molecular flexibility index (Phi) is 6.13. The van der Waals surface area contributed by atoms with Gasteiger partial charge in [0.15, 0.2) is 11.5 Å². The number of aromatic nitrogens is 1. The van der Waals surface area contributed by atoms with Gasteiger partial charge in [-0.25, -0.2) is 0 Å². The summed E-state index contributed by atoms with van der Waals surface area (Å²) >= 11 is 2.19. The normalized spacial score (nSPS) is 23.8. The SMILES string of the molecule is COc1ccc([C@@H]2c3sc(=O)n(CC(=O)N4CCOCC4)c3SC3C(=O)NC(=O)C32)cc1OC. The molecule has 1 N–H and O–H groups in total. The largest absolute Gasteiger partial charge is 0.493 e. The number of rotatable bonds is 5. The molecular weight excluding hydrogens is 482 g/mol. The van der Waals surface area contributed by atoms with Crippen LogP contribution in [0.15, 0.2) is 28.0 Å². The van der Waals surface area contributed by atoms with Crippen LogP contribution in [0.5, 0.6) is 11.5 Å². The van der Waals surface area contributed by atoms with Crippen molar-refractivity contribution in [1.82, 2.24) is 14.8 Å². The van der Waals surface area contributed by atoms with Crippen molar-refractivity contribution in [3.8, 4) is 11.5 Å². The van der Waals surface area contributed by atoms with Crippen LogP contribution >= 0.6 is 23.1 Å². The number of amides is 3. The van der Waals surface area contributed by atoms with Crippen molar-refractivity contribution in [2.24, 2.45) is 5.92 Å². The number of hydrogen-bond donors (Lipinski definition) is 1. The molecule has 2 saturated heterocycles. The average molecular weight is 506 g/mol. The molecule has 12 heteroatoms. The number of methoxy groups -OCH3 is 2. The summed E-state index contributed by atoms with van der Waals surface area (Å²) in [5.74, 6) is -1.14. The van der Waals surface area contributed by atoms with Gasteiger partial charge in [-0.2, -0.15) is 0 Å². The number of imide groups is 1. The summed E-state index contributed by atoms with van der Waals surface area (Å²) in [6.45, 7) is 1.75. The number of morpholine rings is 1.